The summed E-state index contributed by atoms with van der Waals surface area (Å²) >= 11 is 0. The Morgan fingerprint density at radius 3 is 2.50 bits per heavy atom. The van der Waals surface area contributed by atoms with Gasteiger partial charge in [0.25, 0.3) is 0 Å². The van der Waals surface area contributed by atoms with Crippen LogP contribution in [0.3, 0.4) is 0 Å². The van der Waals surface area contributed by atoms with Crippen LogP contribution in [0.4, 0.5) is 4.39 Å². The summed E-state index contributed by atoms with van der Waals surface area (Å²) in [5.74, 6) is -0.139. The summed E-state index contributed by atoms with van der Waals surface area (Å²) in [6.45, 7) is 11.9. The molecule has 1 aromatic carbocycles. The van der Waals surface area contributed by atoms with Crippen LogP contribution in [0.25, 0.3) is 0 Å². The van der Waals surface area contributed by atoms with Crippen molar-refractivity contribution in [1.29, 1.82) is 0 Å². The predicted molar refractivity (Wildman–Crippen MR) is 76.4 cm³/mol. The summed E-state index contributed by atoms with van der Waals surface area (Å²) in [6, 6.07) is 5.46. The van der Waals surface area contributed by atoms with Gasteiger partial charge in [-0.25, -0.2) is 4.39 Å². The average Bonchev–Trinajstić information content (AvgIpc) is 2.33. The first kappa shape index (κ1) is 15.2. The van der Waals surface area contributed by atoms with E-state index in [2.05, 4.69) is 39.9 Å². The van der Waals surface area contributed by atoms with E-state index in [1.54, 1.807) is 6.07 Å². The second-order valence-corrected chi connectivity index (χ2v) is 5.73. The molecule has 0 heterocycles. The van der Waals surface area contributed by atoms with Gasteiger partial charge in [0.15, 0.2) is 0 Å². The highest BCUT2D eigenvalue weighted by molar-refractivity contribution is 5.27. The van der Waals surface area contributed by atoms with Gasteiger partial charge in [-0.05, 0) is 55.0 Å². The second kappa shape index (κ2) is 6.33. The molecule has 102 valence electrons. The van der Waals surface area contributed by atoms with Gasteiger partial charge in [-0.3, -0.25) is 0 Å². The molecular formula is C16H26FN. The first-order valence-corrected chi connectivity index (χ1v) is 6.89. The minimum absolute atomic E-state index is 0.139. The first-order chi connectivity index (χ1) is 8.40. The summed E-state index contributed by atoms with van der Waals surface area (Å²) in [4.78, 5) is 0. The summed E-state index contributed by atoms with van der Waals surface area (Å²) < 4.78 is 13.3. The van der Waals surface area contributed by atoms with Crippen molar-refractivity contribution in [3.63, 3.8) is 0 Å². The SMILES string of the molecule is CCNC(Cc1cc(F)ccc1C)C(C)(C)CC. The molecule has 0 amide bonds. The molecule has 0 aliphatic carbocycles. The molecule has 0 fully saturated rings. The lowest BCUT2D eigenvalue weighted by Crippen LogP contribution is -2.43. The zero-order valence-electron chi connectivity index (χ0n) is 12.3. The van der Waals surface area contributed by atoms with E-state index < -0.39 is 0 Å². The number of aryl methyl sites for hydroxylation is 1. The smallest absolute Gasteiger partial charge is 0.123 e. The van der Waals surface area contributed by atoms with Gasteiger partial charge in [-0.2, -0.15) is 0 Å². The molecule has 1 aromatic rings. The lowest BCUT2D eigenvalue weighted by atomic mass is 9.78. The van der Waals surface area contributed by atoms with E-state index in [0.717, 1.165) is 24.9 Å². The number of hydrogen-bond acceptors (Lipinski definition) is 1. The molecule has 1 nitrogen and oxygen atoms in total. The van der Waals surface area contributed by atoms with Crippen LogP contribution in [0.2, 0.25) is 0 Å². The van der Waals surface area contributed by atoms with Gasteiger partial charge in [-0.15, -0.1) is 0 Å². The molecule has 0 aromatic heterocycles. The van der Waals surface area contributed by atoms with Crippen molar-refractivity contribution < 1.29 is 4.39 Å². The van der Waals surface area contributed by atoms with Gasteiger partial charge < -0.3 is 5.32 Å². The fraction of sp³-hybridized carbons (Fsp3) is 0.625. The van der Waals surface area contributed by atoms with Gasteiger partial charge in [0.1, 0.15) is 5.82 Å². The topological polar surface area (TPSA) is 12.0 Å². The average molecular weight is 251 g/mol. The maximum Gasteiger partial charge on any atom is 0.123 e. The van der Waals surface area contributed by atoms with E-state index in [1.165, 1.54) is 11.6 Å². The van der Waals surface area contributed by atoms with Gasteiger partial charge in [0.2, 0.25) is 0 Å². The van der Waals surface area contributed by atoms with Crippen molar-refractivity contribution in [1.82, 2.24) is 5.32 Å². The van der Waals surface area contributed by atoms with Crippen LogP contribution in [0, 0.1) is 18.2 Å². The Morgan fingerprint density at radius 1 is 1.28 bits per heavy atom. The Morgan fingerprint density at radius 2 is 1.94 bits per heavy atom. The number of benzene rings is 1. The molecule has 1 unspecified atom stereocenters. The molecule has 0 radical (unpaired) electrons. The molecule has 2 heteroatoms. The van der Waals surface area contributed by atoms with E-state index in [9.17, 15) is 4.39 Å². The molecule has 0 saturated carbocycles. The molecule has 1 N–H and O–H groups in total. The highest BCUT2D eigenvalue weighted by Crippen LogP contribution is 2.28. The van der Waals surface area contributed by atoms with Crippen LogP contribution in [-0.2, 0) is 6.42 Å². The Hall–Kier alpha value is -0.890. The Labute approximate surface area is 111 Å². The van der Waals surface area contributed by atoms with Gasteiger partial charge in [0, 0.05) is 6.04 Å². The van der Waals surface area contributed by atoms with Crippen molar-refractivity contribution in [3.05, 3.63) is 35.1 Å². The number of halogens is 1. The Balaban J connectivity index is 2.93. The molecule has 0 spiro atoms. The van der Waals surface area contributed by atoms with E-state index in [1.807, 2.05) is 6.07 Å². The van der Waals surface area contributed by atoms with Crippen LogP contribution < -0.4 is 5.32 Å². The predicted octanol–water partition coefficient (Wildman–Crippen LogP) is 4.09. The standard InChI is InChI=1S/C16H26FN/c1-6-16(4,5)15(18-7-2)11-13-10-14(17)9-8-12(13)3/h8-10,15,18H,6-7,11H2,1-5H3. The maximum atomic E-state index is 13.3. The number of hydrogen-bond donors (Lipinski definition) is 1. The van der Waals surface area contributed by atoms with Crippen LogP contribution in [0.5, 0.6) is 0 Å². The summed E-state index contributed by atoms with van der Waals surface area (Å²) in [7, 11) is 0. The fourth-order valence-corrected chi connectivity index (χ4v) is 2.20. The van der Waals surface area contributed by atoms with E-state index in [0.29, 0.717) is 6.04 Å². The molecule has 0 aliphatic rings. The molecule has 18 heavy (non-hydrogen) atoms. The largest absolute Gasteiger partial charge is 0.313 e. The van der Waals surface area contributed by atoms with Crippen molar-refractivity contribution in [2.45, 2.75) is 53.5 Å². The lowest BCUT2D eigenvalue weighted by molar-refractivity contribution is 0.232. The molecule has 0 bridgehead atoms. The van der Waals surface area contributed by atoms with Gasteiger partial charge in [0.05, 0.1) is 0 Å². The number of rotatable bonds is 6. The third kappa shape index (κ3) is 3.81. The Kier molecular flexibility index (Phi) is 5.33. The second-order valence-electron chi connectivity index (χ2n) is 5.73. The lowest BCUT2D eigenvalue weighted by Gasteiger charge is -2.34. The van der Waals surface area contributed by atoms with Crippen molar-refractivity contribution >= 4 is 0 Å². The Bertz CT molecular complexity index is 385. The highest BCUT2D eigenvalue weighted by atomic mass is 19.1. The van der Waals surface area contributed by atoms with Crippen LogP contribution in [0.1, 0.15) is 45.2 Å². The minimum Gasteiger partial charge on any atom is -0.313 e. The fourth-order valence-electron chi connectivity index (χ4n) is 2.20. The van der Waals surface area contributed by atoms with Crippen molar-refractivity contribution in [2.24, 2.45) is 5.41 Å². The third-order valence-corrected chi connectivity index (χ3v) is 4.04. The third-order valence-electron chi connectivity index (χ3n) is 4.04. The van der Waals surface area contributed by atoms with Crippen LogP contribution in [0.15, 0.2) is 18.2 Å². The van der Waals surface area contributed by atoms with E-state index in [4.69, 9.17) is 0 Å². The normalized spacial score (nSPS) is 13.7. The highest BCUT2D eigenvalue weighted by Gasteiger charge is 2.27. The molecule has 1 atom stereocenters. The molecule has 1 rings (SSSR count). The summed E-state index contributed by atoms with van der Waals surface area (Å²) in [5.41, 5.74) is 2.50. The minimum atomic E-state index is -0.139. The monoisotopic (exact) mass is 251 g/mol. The zero-order valence-corrected chi connectivity index (χ0v) is 12.3. The van der Waals surface area contributed by atoms with Crippen molar-refractivity contribution in [3.8, 4) is 0 Å². The zero-order chi connectivity index (χ0) is 13.8. The quantitative estimate of drug-likeness (QED) is 0.803. The van der Waals surface area contributed by atoms with Crippen molar-refractivity contribution in [2.75, 3.05) is 6.54 Å². The first-order valence-electron chi connectivity index (χ1n) is 6.89. The van der Waals surface area contributed by atoms with E-state index >= 15 is 0 Å². The van der Waals surface area contributed by atoms with E-state index in [-0.39, 0.29) is 11.2 Å². The molecule has 0 aliphatic heterocycles. The maximum absolute atomic E-state index is 13.3. The summed E-state index contributed by atoms with van der Waals surface area (Å²) in [5, 5.41) is 3.55. The van der Waals surface area contributed by atoms with Crippen LogP contribution in [-0.4, -0.2) is 12.6 Å². The molecule has 0 saturated heterocycles. The van der Waals surface area contributed by atoms with Gasteiger partial charge in [-0.1, -0.05) is 33.8 Å². The number of likely N-dealkylation sites (N-methyl/N-ethyl adjacent to an activating group) is 1. The van der Waals surface area contributed by atoms with Crippen LogP contribution >= 0.6 is 0 Å². The van der Waals surface area contributed by atoms with Gasteiger partial charge >= 0.3 is 0 Å². The summed E-state index contributed by atoms with van der Waals surface area (Å²) in [6.07, 6.45) is 2.00. The number of nitrogens with one attached hydrogen (secondary N) is 1. The molecular weight excluding hydrogens is 225 g/mol.